The lowest BCUT2D eigenvalue weighted by Gasteiger charge is -2.12. The molecule has 0 saturated heterocycles. The minimum Gasteiger partial charge on any atom is -0.357 e. The van der Waals surface area contributed by atoms with E-state index in [1.807, 2.05) is 19.9 Å². The minimum absolute atomic E-state index is 0. The van der Waals surface area contributed by atoms with Gasteiger partial charge in [-0.15, -0.1) is 24.0 Å². The number of nitrogens with one attached hydrogen (secondary N) is 3. The molecule has 2 aromatic carbocycles. The van der Waals surface area contributed by atoms with Crippen LogP contribution in [0.1, 0.15) is 24.5 Å². The summed E-state index contributed by atoms with van der Waals surface area (Å²) >= 11 is 6.11. The zero-order valence-corrected chi connectivity index (χ0v) is 19.3. The van der Waals surface area contributed by atoms with Crippen LogP contribution in [0.4, 0.5) is 14.5 Å². The van der Waals surface area contributed by atoms with Crippen LogP contribution >= 0.6 is 35.6 Å². The average Bonchev–Trinajstić information content (AvgIpc) is 2.64. The Balaban J connectivity index is 0.00000420. The molecule has 0 spiro atoms. The number of aryl methyl sites for hydroxylation is 1. The molecule has 0 aliphatic carbocycles. The van der Waals surface area contributed by atoms with E-state index in [-0.39, 0.29) is 48.4 Å². The van der Waals surface area contributed by atoms with Gasteiger partial charge in [0.25, 0.3) is 0 Å². The van der Waals surface area contributed by atoms with Crippen LogP contribution < -0.4 is 16.0 Å². The number of carbonyl (C=O) groups is 1. The smallest absolute Gasteiger partial charge is 0.226 e. The molecular formula is C20H24ClF2IN4O. The molecule has 0 atom stereocenters. The van der Waals surface area contributed by atoms with E-state index >= 15 is 0 Å². The maximum atomic E-state index is 13.7. The molecule has 0 aliphatic heterocycles. The number of aliphatic imine (C=N–C) groups is 1. The molecule has 0 saturated carbocycles. The highest BCUT2D eigenvalue weighted by atomic mass is 127. The summed E-state index contributed by atoms with van der Waals surface area (Å²) in [4.78, 5) is 16.3. The molecule has 29 heavy (non-hydrogen) atoms. The summed E-state index contributed by atoms with van der Waals surface area (Å²) in [5.74, 6) is -0.830. The first-order chi connectivity index (χ1) is 13.4. The molecule has 158 valence electrons. The summed E-state index contributed by atoms with van der Waals surface area (Å²) in [6, 6.07) is 8.63. The topological polar surface area (TPSA) is 65.5 Å². The first-order valence-corrected chi connectivity index (χ1v) is 9.29. The van der Waals surface area contributed by atoms with E-state index in [0.717, 1.165) is 23.8 Å². The van der Waals surface area contributed by atoms with Crippen LogP contribution in [0.15, 0.2) is 41.4 Å². The Morgan fingerprint density at radius 2 is 1.90 bits per heavy atom. The van der Waals surface area contributed by atoms with Gasteiger partial charge in [0.05, 0.1) is 17.3 Å². The largest absolute Gasteiger partial charge is 0.357 e. The Morgan fingerprint density at radius 1 is 1.14 bits per heavy atom. The number of amides is 1. The zero-order valence-electron chi connectivity index (χ0n) is 16.2. The zero-order chi connectivity index (χ0) is 20.5. The highest BCUT2D eigenvalue weighted by molar-refractivity contribution is 14.0. The molecule has 1 amide bonds. The molecule has 3 N–H and O–H groups in total. The van der Waals surface area contributed by atoms with Crippen molar-refractivity contribution in [3.8, 4) is 0 Å². The van der Waals surface area contributed by atoms with Crippen molar-refractivity contribution in [1.29, 1.82) is 0 Å². The molecule has 0 heterocycles. The molecule has 2 aromatic rings. The second-order valence-corrected chi connectivity index (χ2v) is 6.55. The van der Waals surface area contributed by atoms with Gasteiger partial charge in [-0.05, 0) is 49.7 Å². The maximum absolute atomic E-state index is 13.7. The van der Waals surface area contributed by atoms with Gasteiger partial charge in [-0.2, -0.15) is 0 Å². The normalized spacial score (nSPS) is 10.9. The van der Waals surface area contributed by atoms with Crippen molar-refractivity contribution in [3.05, 3.63) is 64.2 Å². The Hall–Kier alpha value is -1.94. The third kappa shape index (κ3) is 8.53. The number of carbonyl (C=O) groups excluding carboxylic acids is 1. The van der Waals surface area contributed by atoms with Crippen molar-refractivity contribution in [2.75, 3.05) is 18.4 Å². The fraction of sp³-hybridized carbons (Fsp3) is 0.300. The maximum Gasteiger partial charge on any atom is 0.226 e. The fourth-order valence-corrected chi connectivity index (χ4v) is 2.68. The van der Waals surface area contributed by atoms with Gasteiger partial charge in [-0.3, -0.25) is 4.79 Å². The van der Waals surface area contributed by atoms with Crippen LogP contribution in [-0.4, -0.2) is 25.0 Å². The van der Waals surface area contributed by atoms with Gasteiger partial charge in [0.1, 0.15) is 11.6 Å². The van der Waals surface area contributed by atoms with E-state index in [0.29, 0.717) is 29.8 Å². The molecule has 0 unspecified atom stereocenters. The molecule has 0 radical (unpaired) electrons. The van der Waals surface area contributed by atoms with E-state index < -0.39 is 11.6 Å². The predicted octanol–water partition coefficient (Wildman–Crippen LogP) is 4.63. The van der Waals surface area contributed by atoms with Crippen LogP contribution in [0.2, 0.25) is 5.02 Å². The van der Waals surface area contributed by atoms with Crippen molar-refractivity contribution >= 4 is 53.1 Å². The van der Waals surface area contributed by atoms with Crippen LogP contribution in [0.5, 0.6) is 0 Å². The number of hydrogen-bond acceptors (Lipinski definition) is 2. The van der Waals surface area contributed by atoms with Gasteiger partial charge in [0.2, 0.25) is 5.91 Å². The van der Waals surface area contributed by atoms with Gasteiger partial charge in [-0.1, -0.05) is 17.7 Å². The third-order valence-corrected chi connectivity index (χ3v) is 4.12. The summed E-state index contributed by atoms with van der Waals surface area (Å²) in [5.41, 5.74) is 1.72. The first kappa shape index (κ1) is 25.1. The lowest BCUT2D eigenvalue weighted by atomic mass is 10.2. The summed E-state index contributed by atoms with van der Waals surface area (Å²) in [7, 11) is 0. The predicted molar refractivity (Wildman–Crippen MR) is 124 cm³/mol. The quantitative estimate of drug-likeness (QED) is 0.275. The van der Waals surface area contributed by atoms with Crippen LogP contribution in [-0.2, 0) is 11.3 Å². The SMILES string of the molecule is CCNC(=NCc1cc(F)ccc1F)NCCC(=O)Nc1ccc(C)cc1Cl.I. The molecule has 0 fully saturated rings. The molecule has 0 aromatic heterocycles. The third-order valence-electron chi connectivity index (χ3n) is 3.80. The number of guanidine groups is 1. The van der Waals surface area contributed by atoms with Gasteiger partial charge < -0.3 is 16.0 Å². The van der Waals surface area contributed by atoms with E-state index in [1.54, 1.807) is 12.1 Å². The highest BCUT2D eigenvalue weighted by Crippen LogP contribution is 2.22. The van der Waals surface area contributed by atoms with Crippen LogP contribution in [0.25, 0.3) is 0 Å². The average molecular weight is 537 g/mol. The van der Waals surface area contributed by atoms with E-state index in [1.165, 1.54) is 0 Å². The van der Waals surface area contributed by atoms with E-state index in [9.17, 15) is 13.6 Å². The molecule has 5 nitrogen and oxygen atoms in total. The summed E-state index contributed by atoms with van der Waals surface area (Å²) < 4.78 is 26.9. The molecule has 9 heteroatoms. The van der Waals surface area contributed by atoms with Crippen LogP contribution in [0, 0.1) is 18.6 Å². The van der Waals surface area contributed by atoms with Crippen molar-refractivity contribution in [3.63, 3.8) is 0 Å². The van der Waals surface area contributed by atoms with Crippen molar-refractivity contribution in [1.82, 2.24) is 10.6 Å². The summed E-state index contributed by atoms with van der Waals surface area (Å²) in [5, 5.41) is 9.22. The summed E-state index contributed by atoms with van der Waals surface area (Å²) in [6.07, 6.45) is 0.183. The summed E-state index contributed by atoms with van der Waals surface area (Å²) in [6.45, 7) is 4.67. The molecule has 0 aliphatic rings. The number of halogens is 4. The van der Waals surface area contributed by atoms with Crippen LogP contribution in [0.3, 0.4) is 0 Å². The molecule has 2 rings (SSSR count). The van der Waals surface area contributed by atoms with Gasteiger partial charge in [0, 0.05) is 25.1 Å². The van der Waals surface area contributed by atoms with E-state index in [2.05, 4.69) is 20.9 Å². The van der Waals surface area contributed by atoms with Crippen molar-refractivity contribution in [2.45, 2.75) is 26.8 Å². The number of nitrogens with zero attached hydrogens (tertiary/aromatic N) is 1. The lowest BCUT2D eigenvalue weighted by Crippen LogP contribution is -2.38. The van der Waals surface area contributed by atoms with Crippen molar-refractivity contribution in [2.24, 2.45) is 4.99 Å². The second kappa shape index (κ2) is 12.6. The van der Waals surface area contributed by atoms with Crippen molar-refractivity contribution < 1.29 is 13.6 Å². The molecular weight excluding hydrogens is 513 g/mol. The Morgan fingerprint density at radius 3 is 2.59 bits per heavy atom. The second-order valence-electron chi connectivity index (χ2n) is 6.14. The minimum atomic E-state index is -0.518. The fourth-order valence-electron chi connectivity index (χ4n) is 2.40. The van der Waals surface area contributed by atoms with Gasteiger partial charge >= 0.3 is 0 Å². The van der Waals surface area contributed by atoms with E-state index in [4.69, 9.17) is 11.6 Å². The highest BCUT2D eigenvalue weighted by Gasteiger charge is 2.07. The lowest BCUT2D eigenvalue weighted by molar-refractivity contribution is -0.116. The molecule has 0 bridgehead atoms. The Kier molecular flexibility index (Phi) is 10.9. The van der Waals surface area contributed by atoms with Gasteiger partial charge in [-0.25, -0.2) is 13.8 Å². The van der Waals surface area contributed by atoms with Gasteiger partial charge in [0.15, 0.2) is 5.96 Å². The monoisotopic (exact) mass is 536 g/mol. The standard InChI is InChI=1S/C20H23ClF2N4O.HI/c1-3-24-20(26-12-14-11-15(22)5-6-17(14)23)25-9-8-19(28)27-18-7-4-13(2)10-16(18)21;/h4-7,10-11H,3,8-9,12H2,1-2H3,(H,27,28)(H2,24,25,26);1H. The number of anilines is 1. The number of rotatable bonds is 7. The first-order valence-electron chi connectivity index (χ1n) is 8.91. The number of hydrogen-bond donors (Lipinski definition) is 3. The Bertz CT molecular complexity index is 864. The Labute approximate surface area is 191 Å². The number of benzene rings is 2.